The van der Waals surface area contributed by atoms with Crippen molar-refractivity contribution in [3.05, 3.63) is 73.7 Å². The van der Waals surface area contributed by atoms with Crippen LogP contribution in [-0.4, -0.2) is 9.97 Å². The summed E-state index contributed by atoms with van der Waals surface area (Å²) in [5.74, 6) is -0.0534. The van der Waals surface area contributed by atoms with Gasteiger partial charge in [0.25, 0.3) is 5.56 Å². The number of aromatic amines is 1. The second-order valence-corrected chi connectivity index (χ2v) is 8.55. The molecular weight excluding hydrogens is 393 g/mol. The highest BCUT2D eigenvalue weighted by molar-refractivity contribution is 7.18. The van der Waals surface area contributed by atoms with Gasteiger partial charge in [0, 0.05) is 20.2 Å². The van der Waals surface area contributed by atoms with Gasteiger partial charge in [-0.05, 0) is 43.7 Å². The molecule has 0 saturated heterocycles. The zero-order chi connectivity index (χ0) is 19.8. The van der Waals surface area contributed by atoms with E-state index in [-0.39, 0.29) is 22.8 Å². The maximum absolute atomic E-state index is 14.0. The highest BCUT2D eigenvalue weighted by Gasteiger charge is 2.14. The van der Waals surface area contributed by atoms with Crippen LogP contribution in [-0.2, 0) is 0 Å². The average Bonchev–Trinajstić information content (AvgIpc) is 3.25. The first-order valence-electron chi connectivity index (χ1n) is 8.45. The van der Waals surface area contributed by atoms with Gasteiger partial charge in [-0.3, -0.25) is 4.79 Å². The molecule has 0 aliphatic carbocycles. The Morgan fingerprint density at radius 1 is 1.21 bits per heavy atom. The molecule has 138 valence electrons. The van der Waals surface area contributed by atoms with Crippen LogP contribution in [0.4, 0.5) is 4.39 Å². The van der Waals surface area contributed by atoms with E-state index in [1.54, 1.807) is 24.3 Å². The smallest absolute Gasteiger partial charge is 0.260 e. The van der Waals surface area contributed by atoms with Crippen molar-refractivity contribution in [2.75, 3.05) is 0 Å². The molecule has 0 aliphatic rings. The van der Waals surface area contributed by atoms with Crippen molar-refractivity contribution in [3.8, 4) is 16.5 Å². The van der Waals surface area contributed by atoms with Crippen LogP contribution in [0.3, 0.4) is 0 Å². The van der Waals surface area contributed by atoms with Gasteiger partial charge in [0.2, 0.25) is 0 Å². The largest absolute Gasteiger partial charge is 0.305 e. The summed E-state index contributed by atoms with van der Waals surface area (Å²) in [6.07, 6.45) is 1.66. The molecule has 4 aromatic rings. The first kappa shape index (κ1) is 18.3. The van der Waals surface area contributed by atoms with E-state index >= 15 is 0 Å². The van der Waals surface area contributed by atoms with Crippen LogP contribution in [0.5, 0.6) is 0 Å². The number of aryl methyl sites for hydroxylation is 2. The highest BCUT2D eigenvalue weighted by Crippen LogP contribution is 2.32. The summed E-state index contributed by atoms with van der Waals surface area (Å²) in [4.78, 5) is 22.9. The third-order valence-corrected chi connectivity index (χ3v) is 6.63. The molecule has 0 radical (unpaired) electrons. The van der Waals surface area contributed by atoms with Gasteiger partial charge in [0.1, 0.15) is 16.7 Å². The Bertz CT molecular complexity index is 1340. The van der Waals surface area contributed by atoms with Gasteiger partial charge in [-0.25, -0.2) is 9.37 Å². The molecule has 0 saturated carbocycles. The number of halogens is 1. The van der Waals surface area contributed by atoms with E-state index < -0.39 is 0 Å². The number of nitrogens with zero attached hydrogens (tertiary/aromatic N) is 2. The number of allylic oxidation sites excluding steroid dienone is 1. The quantitative estimate of drug-likeness (QED) is 0.454. The molecule has 0 aliphatic heterocycles. The van der Waals surface area contributed by atoms with E-state index in [1.165, 1.54) is 28.7 Å². The van der Waals surface area contributed by atoms with Crippen molar-refractivity contribution in [1.82, 2.24) is 9.97 Å². The molecule has 0 amide bonds. The van der Waals surface area contributed by atoms with E-state index in [0.717, 1.165) is 20.2 Å². The third kappa shape index (κ3) is 3.17. The number of aromatic nitrogens is 2. The molecule has 0 spiro atoms. The van der Waals surface area contributed by atoms with Gasteiger partial charge in [0.15, 0.2) is 5.82 Å². The molecule has 7 heteroatoms. The highest BCUT2D eigenvalue weighted by atomic mass is 32.1. The second kappa shape index (κ2) is 7.15. The molecule has 4 nitrogen and oxygen atoms in total. The lowest BCUT2D eigenvalue weighted by atomic mass is 10.2. The molecule has 0 unspecified atom stereocenters. The van der Waals surface area contributed by atoms with Crippen LogP contribution < -0.4 is 5.56 Å². The fourth-order valence-electron chi connectivity index (χ4n) is 2.91. The lowest BCUT2D eigenvalue weighted by Gasteiger charge is -1.99. The minimum Gasteiger partial charge on any atom is -0.305 e. The normalized spacial score (nSPS) is 11.7. The number of fused-ring (bicyclic) bond motifs is 1. The fourth-order valence-corrected chi connectivity index (χ4v) is 4.92. The van der Waals surface area contributed by atoms with Crippen LogP contribution in [0.1, 0.15) is 21.1 Å². The monoisotopic (exact) mass is 407 g/mol. The molecule has 28 heavy (non-hydrogen) atoms. The van der Waals surface area contributed by atoms with Crippen LogP contribution in [0.25, 0.3) is 32.3 Å². The zero-order valence-electron chi connectivity index (χ0n) is 15.0. The summed E-state index contributed by atoms with van der Waals surface area (Å²) < 4.78 is 14.0. The maximum atomic E-state index is 14.0. The Labute approximate surface area is 168 Å². The van der Waals surface area contributed by atoms with Crippen molar-refractivity contribution in [2.45, 2.75) is 13.8 Å². The Kier molecular flexibility index (Phi) is 4.67. The van der Waals surface area contributed by atoms with Crippen molar-refractivity contribution in [2.24, 2.45) is 0 Å². The third-order valence-electron chi connectivity index (χ3n) is 4.47. The Morgan fingerprint density at radius 3 is 2.75 bits per heavy atom. The number of rotatable bonds is 3. The van der Waals surface area contributed by atoms with Crippen LogP contribution in [0, 0.1) is 31.0 Å². The van der Waals surface area contributed by atoms with Crippen molar-refractivity contribution in [1.29, 1.82) is 5.26 Å². The van der Waals surface area contributed by atoms with E-state index in [2.05, 4.69) is 16.0 Å². The van der Waals surface area contributed by atoms with Crippen molar-refractivity contribution >= 4 is 44.5 Å². The molecule has 1 N–H and O–H groups in total. The number of H-pyrrole nitrogens is 1. The first-order valence-corrected chi connectivity index (χ1v) is 10.1. The van der Waals surface area contributed by atoms with Crippen molar-refractivity contribution < 1.29 is 4.39 Å². The Hall–Kier alpha value is -3.08. The SMILES string of the molecule is Cc1sc2nc(/C(C#N)=C\c3ccc(-c4ccccc4F)s3)[nH]c(=O)c2c1C. The van der Waals surface area contributed by atoms with Crippen LogP contribution in [0.2, 0.25) is 0 Å². The number of thiophene rings is 2. The predicted octanol–water partition coefficient (Wildman–Crippen LogP) is 5.53. The fraction of sp³-hybridized carbons (Fsp3) is 0.0952. The van der Waals surface area contributed by atoms with Crippen LogP contribution in [0.15, 0.2) is 41.2 Å². The van der Waals surface area contributed by atoms with Gasteiger partial charge >= 0.3 is 0 Å². The molecule has 3 aromatic heterocycles. The summed E-state index contributed by atoms with van der Waals surface area (Å²) in [5.41, 5.74) is 1.43. The Morgan fingerprint density at radius 2 is 2.00 bits per heavy atom. The average molecular weight is 407 g/mol. The van der Waals surface area contributed by atoms with Gasteiger partial charge in [-0.2, -0.15) is 5.26 Å². The molecule has 0 fully saturated rings. The van der Waals surface area contributed by atoms with Gasteiger partial charge in [-0.15, -0.1) is 22.7 Å². The van der Waals surface area contributed by atoms with Gasteiger partial charge < -0.3 is 4.98 Å². The number of benzene rings is 1. The molecule has 3 heterocycles. The van der Waals surface area contributed by atoms with E-state index in [0.29, 0.717) is 15.8 Å². The maximum Gasteiger partial charge on any atom is 0.260 e. The Balaban J connectivity index is 1.77. The summed E-state index contributed by atoms with van der Waals surface area (Å²) in [6, 6.07) is 12.3. The lowest BCUT2D eigenvalue weighted by Crippen LogP contribution is -2.10. The minimum absolute atomic E-state index is 0.238. The summed E-state index contributed by atoms with van der Waals surface area (Å²) >= 11 is 2.81. The van der Waals surface area contributed by atoms with E-state index in [1.807, 2.05) is 26.0 Å². The lowest BCUT2D eigenvalue weighted by molar-refractivity contribution is 0.631. The molecule has 0 bridgehead atoms. The van der Waals surface area contributed by atoms with Crippen LogP contribution >= 0.6 is 22.7 Å². The molecule has 4 rings (SSSR count). The van der Waals surface area contributed by atoms with E-state index in [9.17, 15) is 14.4 Å². The van der Waals surface area contributed by atoms with Crippen molar-refractivity contribution in [3.63, 3.8) is 0 Å². The summed E-state index contributed by atoms with van der Waals surface area (Å²) in [5, 5.41) is 10.2. The molecule has 1 aromatic carbocycles. The van der Waals surface area contributed by atoms with E-state index in [4.69, 9.17) is 0 Å². The topological polar surface area (TPSA) is 69.5 Å². The minimum atomic E-state index is -0.291. The summed E-state index contributed by atoms with van der Waals surface area (Å²) in [6.45, 7) is 3.83. The number of nitriles is 1. The first-order chi connectivity index (χ1) is 13.5. The number of nitrogens with one attached hydrogen (secondary N) is 1. The molecular formula is C21H14FN3OS2. The standard InChI is InChI=1S/C21H14FN3OS2/c1-11-12(2)27-21-18(11)20(26)24-19(25-21)13(10-23)9-14-7-8-17(28-14)15-5-3-4-6-16(15)22/h3-9H,1-2H3,(H,24,25,26)/b13-9-. The van der Waals surface area contributed by atoms with Gasteiger partial charge in [0.05, 0.1) is 11.0 Å². The number of hydrogen-bond donors (Lipinski definition) is 1. The summed E-state index contributed by atoms with van der Waals surface area (Å²) in [7, 11) is 0. The molecule has 0 atom stereocenters. The van der Waals surface area contributed by atoms with Gasteiger partial charge in [-0.1, -0.05) is 18.2 Å². The predicted molar refractivity (Wildman–Crippen MR) is 113 cm³/mol. The number of hydrogen-bond acceptors (Lipinski definition) is 5. The second-order valence-electron chi connectivity index (χ2n) is 6.23. The zero-order valence-corrected chi connectivity index (χ0v) is 16.7.